The number of thiophene rings is 1. The standard InChI is InChI=1S/C15H15ClFNS/c16-12-4-5-14(17)11(6-12)8-18-9-13-7-10-2-1-3-15(10)19-13/h4-7,18H,1-3,8-9H2. The van der Waals surface area contributed by atoms with E-state index in [-0.39, 0.29) is 5.82 Å². The number of hydrogen-bond acceptors (Lipinski definition) is 2. The van der Waals surface area contributed by atoms with Gasteiger partial charge >= 0.3 is 0 Å². The summed E-state index contributed by atoms with van der Waals surface area (Å²) in [5.74, 6) is -0.203. The van der Waals surface area contributed by atoms with Crippen LogP contribution >= 0.6 is 22.9 Å². The van der Waals surface area contributed by atoms with E-state index < -0.39 is 0 Å². The van der Waals surface area contributed by atoms with Crippen molar-refractivity contribution in [3.63, 3.8) is 0 Å². The molecule has 0 bridgehead atoms. The van der Waals surface area contributed by atoms with Crippen molar-refractivity contribution in [2.24, 2.45) is 0 Å². The summed E-state index contributed by atoms with van der Waals surface area (Å²) in [6.07, 6.45) is 3.74. The van der Waals surface area contributed by atoms with Gasteiger partial charge in [-0.3, -0.25) is 0 Å². The molecule has 4 heteroatoms. The summed E-state index contributed by atoms with van der Waals surface area (Å²) < 4.78 is 13.5. The Bertz CT molecular complexity index is 572. The molecule has 0 unspecified atom stereocenters. The molecule has 0 saturated heterocycles. The lowest BCUT2D eigenvalue weighted by atomic mass is 10.2. The Morgan fingerprint density at radius 3 is 2.95 bits per heavy atom. The van der Waals surface area contributed by atoms with Gasteiger partial charge in [-0.15, -0.1) is 11.3 Å². The van der Waals surface area contributed by atoms with E-state index in [9.17, 15) is 4.39 Å². The molecule has 1 aromatic carbocycles. The van der Waals surface area contributed by atoms with Gasteiger partial charge in [-0.25, -0.2) is 4.39 Å². The normalized spacial score (nSPS) is 13.8. The Labute approximate surface area is 121 Å². The highest BCUT2D eigenvalue weighted by molar-refractivity contribution is 7.12. The molecule has 1 aliphatic carbocycles. The van der Waals surface area contributed by atoms with Crippen LogP contribution in [0.4, 0.5) is 4.39 Å². The van der Waals surface area contributed by atoms with E-state index in [1.54, 1.807) is 12.1 Å². The van der Waals surface area contributed by atoms with Crippen molar-refractivity contribution in [1.29, 1.82) is 0 Å². The third-order valence-corrected chi connectivity index (χ3v) is 4.89. The van der Waals surface area contributed by atoms with Gasteiger partial charge in [0.15, 0.2) is 0 Å². The second kappa shape index (κ2) is 5.61. The third-order valence-electron chi connectivity index (χ3n) is 3.42. The zero-order chi connectivity index (χ0) is 13.2. The van der Waals surface area contributed by atoms with Crippen molar-refractivity contribution in [3.05, 3.63) is 56.0 Å². The molecule has 0 spiro atoms. The summed E-state index contributed by atoms with van der Waals surface area (Å²) in [6, 6.07) is 6.95. The molecule has 1 aromatic heterocycles. The van der Waals surface area contributed by atoms with E-state index in [1.807, 2.05) is 11.3 Å². The second-order valence-electron chi connectivity index (χ2n) is 4.85. The van der Waals surface area contributed by atoms with E-state index in [2.05, 4.69) is 11.4 Å². The average Bonchev–Trinajstić information content (AvgIpc) is 2.94. The lowest BCUT2D eigenvalue weighted by Gasteiger charge is -2.05. The number of aryl methyl sites for hydroxylation is 2. The molecule has 0 atom stereocenters. The lowest BCUT2D eigenvalue weighted by molar-refractivity contribution is 0.589. The van der Waals surface area contributed by atoms with Gasteiger partial charge in [0.1, 0.15) is 5.82 Å². The minimum atomic E-state index is -0.203. The van der Waals surface area contributed by atoms with Crippen molar-refractivity contribution < 1.29 is 4.39 Å². The Morgan fingerprint density at radius 2 is 2.11 bits per heavy atom. The predicted molar refractivity (Wildman–Crippen MR) is 78.3 cm³/mol. The maximum Gasteiger partial charge on any atom is 0.127 e. The Balaban J connectivity index is 1.59. The van der Waals surface area contributed by atoms with Gasteiger partial charge in [0, 0.05) is 33.4 Å². The molecule has 0 radical (unpaired) electrons. The molecule has 0 aliphatic heterocycles. The van der Waals surface area contributed by atoms with Crippen molar-refractivity contribution >= 4 is 22.9 Å². The van der Waals surface area contributed by atoms with Gasteiger partial charge in [-0.1, -0.05) is 11.6 Å². The molecule has 0 amide bonds. The number of nitrogens with one attached hydrogen (secondary N) is 1. The van der Waals surface area contributed by atoms with Gasteiger partial charge < -0.3 is 5.32 Å². The highest BCUT2D eigenvalue weighted by atomic mass is 35.5. The fourth-order valence-electron chi connectivity index (χ4n) is 2.48. The fraction of sp³-hybridized carbons (Fsp3) is 0.333. The summed E-state index contributed by atoms with van der Waals surface area (Å²) in [7, 11) is 0. The fourth-order valence-corrected chi connectivity index (χ4v) is 3.90. The number of benzene rings is 1. The van der Waals surface area contributed by atoms with Crippen LogP contribution in [0.2, 0.25) is 5.02 Å². The highest BCUT2D eigenvalue weighted by Gasteiger charge is 2.14. The first-order valence-corrected chi connectivity index (χ1v) is 7.67. The molecular formula is C15H15ClFNS. The molecule has 3 rings (SSSR count). The monoisotopic (exact) mass is 295 g/mol. The molecule has 0 fully saturated rings. The number of fused-ring (bicyclic) bond motifs is 1. The van der Waals surface area contributed by atoms with Crippen LogP contribution in [-0.2, 0) is 25.9 Å². The minimum absolute atomic E-state index is 0.203. The van der Waals surface area contributed by atoms with Crippen molar-refractivity contribution in [2.75, 3.05) is 0 Å². The molecule has 100 valence electrons. The van der Waals surface area contributed by atoms with E-state index in [1.165, 1.54) is 40.6 Å². The Hall–Kier alpha value is -0.900. The van der Waals surface area contributed by atoms with Crippen molar-refractivity contribution in [2.45, 2.75) is 32.4 Å². The maximum atomic E-state index is 13.5. The summed E-state index contributed by atoms with van der Waals surface area (Å²) in [5.41, 5.74) is 2.13. The van der Waals surface area contributed by atoms with Crippen LogP contribution in [-0.4, -0.2) is 0 Å². The van der Waals surface area contributed by atoms with Crippen LogP contribution in [0.5, 0.6) is 0 Å². The van der Waals surface area contributed by atoms with Crippen LogP contribution in [0.15, 0.2) is 24.3 Å². The minimum Gasteiger partial charge on any atom is -0.308 e. The van der Waals surface area contributed by atoms with Crippen molar-refractivity contribution in [3.8, 4) is 0 Å². The summed E-state index contributed by atoms with van der Waals surface area (Å²) in [4.78, 5) is 2.87. The summed E-state index contributed by atoms with van der Waals surface area (Å²) >= 11 is 7.75. The summed E-state index contributed by atoms with van der Waals surface area (Å²) in [5, 5.41) is 3.86. The average molecular weight is 296 g/mol. The first-order valence-electron chi connectivity index (χ1n) is 6.47. The lowest BCUT2D eigenvalue weighted by Crippen LogP contribution is -2.12. The molecule has 2 aromatic rings. The van der Waals surface area contributed by atoms with E-state index in [0.717, 1.165) is 6.54 Å². The molecule has 19 heavy (non-hydrogen) atoms. The van der Waals surface area contributed by atoms with E-state index in [4.69, 9.17) is 11.6 Å². The van der Waals surface area contributed by atoms with Gasteiger partial charge in [0.25, 0.3) is 0 Å². The van der Waals surface area contributed by atoms with Gasteiger partial charge in [0.2, 0.25) is 0 Å². The topological polar surface area (TPSA) is 12.0 Å². The van der Waals surface area contributed by atoms with Gasteiger partial charge in [-0.05, 0) is 49.1 Å². The number of hydrogen-bond donors (Lipinski definition) is 1. The SMILES string of the molecule is Fc1ccc(Cl)cc1CNCc1cc2c(s1)CCC2. The van der Waals surface area contributed by atoms with Crippen LogP contribution in [0.3, 0.4) is 0 Å². The third kappa shape index (κ3) is 2.99. The zero-order valence-electron chi connectivity index (χ0n) is 10.5. The number of rotatable bonds is 4. The Morgan fingerprint density at radius 1 is 1.21 bits per heavy atom. The second-order valence-corrected chi connectivity index (χ2v) is 6.51. The van der Waals surface area contributed by atoms with E-state index >= 15 is 0 Å². The summed E-state index contributed by atoms with van der Waals surface area (Å²) in [6.45, 7) is 1.30. The van der Waals surface area contributed by atoms with Crippen LogP contribution < -0.4 is 5.32 Å². The smallest absolute Gasteiger partial charge is 0.127 e. The van der Waals surface area contributed by atoms with Crippen LogP contribution in [0, 0.1) is 5.82 Å². The van der Waals surface area contributed by atoms with Crippen LogP contribution in [0.1, 0.15) is 27.3 Å². The first kappa shape index (κ1) is 13.1. The maximum absolute atomic E-state index is 13.5. The molecule has 1 N–H and O–H groups in total. The molecule has 0 saturated carbocycles. The van der Waals surface area contributed by atoms with E-state index in [0.29, 0.717) is 17.1 Å². The highest BCUT2D eigenvalue weighted by Crippen LogP contribution is 2.30. The quantitative estimate of drug-likeness (QED) is 0.886. The van der Waals surface area contributed by atoms with Gasteiger partial charge in [-0.2, -0.15) is 0 Å². The van der Waals surface area contributed by atoms with Crippen LogP contribution in [0.25, 0.3) is 0 Å². The molecule has 1 aliphatic rings. The predicted octanol–water partition coefficient (Wildman–Crippen LogP) is 4.32. The van der Waals surface area contributed by atoms with Crippen molar-refractivity contribution in [1.82, 2.24) is 5.32 Å². The molecule has 1 nitrogen and oxygen atoms in total. The van der Waals surface area contributed by atoms with Gasteiger partial charge in [0.05, 0.1) is 0 Å². The largest absolute Gasteiger partial charge is 0.308 e. The molecule has 1 heterocycles. The Kier molecular flexibility index (Phi) is 3.87. The zero-order valence-corrected chi connectivity index (χ0v) is 12.1. The number of halogens is 2. The molecular weight excluding hydrogens is 281 g/mol. The first-order chi connectivity index (χ1) is 9.22.